The van der Waals surface area contributed by atoms with E-state index < -0.39 is 0 Å². The Morgan fingerprint density at radius 1 is 1.44 bits per heavy atom. The first-order chi connectivity index (χ1) is 8.65. The maximum atomic E-state index is 6.30. The van der Waals surface area contributed by atoms with Gasteiger partial charge in [-0.25, -0.2) is 0 Å². The smallest absolute Gasteiger partial charge is 0.0992 e. The molecule has 0 bridgehead atoms. The van der Waals surface area contributed by atoms with Gasteiger partial charge in [-0.1, -0.05) is 49.4 Å². The fourth-order valence-electron chi connectivity index (χ4n) is 3.22. The standard InChI is InChI=1S/C14H21Cl2NS/c1-3-9-5-4-6-10(7-9)13(17-2)11-8-12(15)18-14(11)16/h8-10,13,17H,3-7H2,1-2H3. The van der Waals surface area contributed by atoms with Crippen LogP contribution in [0.3, 0.4) is 0 Å². The summed E-state index contributed by atoms with van der Waals surface area (Å²) in [6.07, 6.45) is 6.64. The minimum Gasteiger partial charge on any atom is -0.313 e. The van der Waals surface area contributed by atoms with Gasteiger partial charge >= 0.3 is 0 Å². The van der Waals surface area contributed by atoms with E-state index in [1.54, 1.807) is 0 Å². The van der Waals surface area contributed by atoms with Gasteiger partial charge in [0.15, 0.2) is 0 Å². The molecule has 1 nitrogen and oxygen atoms in total. The number of nitrogens with one attached hydrogen (secondary N) is 1. The monoisotopic (exact) mass is 305 g/mol. The molecule has 102 valence electrons. The highest BCUT2D eigenvalue weighted by molar-refractivity contribution is 7.20. The van der Waals surface area contributed by atoms with E-state index in [0.29, 0.717) is 12.0 Å². The third-order valence-corrected chi connectivity index (χ3v) is 5.72. The lowest BCUT2D eigenvalue weighted by Gasteiger charge is -2.34. The molecule has 0 radical (unpaired) electrons. The van der Waals surface area contributed by atoms with Crippen LogP contribution >= 0.6 is 34.5 Å². The molecule has 3 atom stereocenters. The van der Waals surface area contributed by atoms with Crippen molar-refractivity contribution in [1.29, 1.82) is 0 Å². The van der Waals surface area contributed by atoms with Crippen molar-refractivity contribution in [3.05, 3.63) is 20.3 Å². The molecule has 1 heterocycles. The van der Waals surface area contributed by atoms with Crippen LogP contribution in [0.4, 0.5) is 0 Å². The molecule has 0 spiro atoms. The molecule has 1 aliphatic carbocycles. The van der Waals surface area contributed by atoms with Gasteiger partial charge in [0, 0.05) is 11.6 Å². The van der Waals surface area contributed by atoms with E-state index in [1.807, 2.05) is 13.1 Å². The van der Waals surface area contributed by atoms with Crippen LogP contribution in [-0.4, -0.2) is 7.05 Å². The average Bonchev–Trinajstić information content (AvgIpc) is 2.70. The molecular formula is C14H21Cl2NS. The van der Waals surface area contributed by atoms with Crippen LogP contribution in [0.5, 0.6) is 0 Å². The lowest BCUT2D eigenvalue weighted by molar-refractivity contribution is 0.215. The van der Waals surface area contributed by atoms with Crippen LogP contribution in [0, 0.1) is 11.8 Å². The lowest BCUT2D eigenvalue weighted by atomic mass is 9.75. The van der Waals surface area contributed by atoms with Crippen LogP contribution in [0.1, 0.15) is 50.6 Å². The van der Waals surface area contributed by atoms with Crippen LogP contribution in [0.25, 0.3) is 0 Å². The van der Waals surface area contributed by atoms with Crippen molar-refractivity contribution in [2.75, 3.05) is 7.05 Å². The van der Waals surface area contributed by atoms with Crippen molar-refractivity contribution in [2.45, 2.75) is 45.1 Å². The van der Waals surface area contributed by atoms with Crippen LogP contribution in [-0.2, 0) is 0 Å². The van der Waals surface area contributed by atoms with E-state index in [4.69, 9.17) is 23.2 Å². The highest BCUT2D eigenvalue weighted by atomic mass is 35.5. The molecule has 1 N–H and O–H groups in total. The van der Waals surface area contributed by atoms with Gasteiger partial charge < -0.3 is 5.32 Å². The van der Waals surface area contributed by atoms with E-state index in [1.165, 1.54) is 49.0 Å². The SMILES string of the molecule is CCC1CCCC(C(NC)c2cc(Cl)sc2Cl)C1. The second kappa shape index (κ2) is 6.60. The van der Waals surface area contributed by atoms with Gasteiger partial charge in [0.1, 0.15) is 0 Å². The maximum Gasteiger partial charge on any atom is 0.0992 e. The van der Waals surface area contributed by atoms with Gasteiger partial charge in [-0.05, 0) is 37.8 Å². The minimum absolute atomic E-state index is 0.357. The first-order valence-corrected chi connectivity index (χ1v) is 8.35. The zero-order valence-corrected chi connectivity index (χ0v) is 13.3. The van der Waals surface area contributed by atoms with Crippen molar-refractivity contribution < 1.29 is 0 Å². The van der Waals surface area contributed by atoms with E-state index in [2.05, 4.69) is 12.2 Å². The number of rotatable bonds is 4. The molecule has 0 aromatic carbocycles. The summed E-state index contributed by atoms with van der Waals surface area (Å²) in [5, 5.41) is 3.45. The van der Waals surface area contributed by atoms with E-state index in [-0.39, 0.29) is 0 Å². The second-order valence-electron chi connectivity index (χ2n) is 5.25. The Balaban J connectivity index is 2.15. The van der Waals surface area contributed by atoms with Gasteiger partial charge in [-0.15, -0.1) is 11.3 Å². The highest BCUT2D eigenvalue weighted by Gasteiger charge is 2.29. The first-order valence-electron chi connectivity index (χ1n) is 6.77. The molecule has 1 aromatic rings. The Bertz CT molecular complexity index is 391. The summed E-state index contributed by atoms with van der Waals surface area (Å²) >= 11 is 13.8. The summed E-state index contributed by atoms with van der Waals surface area (Å²) in [7, 11) is 2.03. The van der Waals surface area contributed by atoms with Gasteiger partial charge in [0.25, 0.3) is 0 Å². The molecule has 0 aliphatic heterocycles. The topological polar surface area (TPSA) is 12.0 Å². The summed E-state index contributed by atoms with van der Waals surface area (Å²) in [5.41, 5.74) is 1.19. The normalized spacial score (nSPS) is 26.2. The van der Waals surface area contributed by atoms with Crippen LogP contribution < -0.4 is 5.32 Å². The zero-order chi connectivity index (χ0) is 13.1. The van der Waals surface area contributed by atoms with Gasteiger partial charge in [0.05, 0.1) is 8.67 Å². The Hall–Kier alpha value is 0.240. The van der Waals surface area contributed by atoms with Gasteiger partial charge in [0.2, 0.25) is 0 Å². The van der Waals surface area contributed by atoms with Crippen molar-refractivity contribution >= 4 is 34.5 Å². The molecule has 18 heavy (non-hydrogen) atoms. The van der Waals surface area contributed by atoms with Crippen molar-refractivity contribution in [3.8, 4) is 0 Å². The Labute approximate surface area is 124 Å². The quantitative estimate of drug-likeness (QED) is 0.771. The molecule has 1 fully saturated rings. The van der Waals surface area contributed by atoms with Crippen molar-refractivity contribution in [2.24, 2.45) is 11.8 Å². The van der Waals surface area contributed by atoms with Gasteiger partial charge in [-0.2, -0.15) is 0 Å². The predicted molar refractivity (Wildman–Crippen MR) is 81.9 cm³/mol. The molecule has 0 amide bonds. The third kappa shape index (κ3) is 3.22. The summed E-state index contributed by atoms with van der Waals surface area (Å²) in [4.78, 5) is 0. The minimum atomic E-state index is 0.357. The molecule has 3 unspecified atom stereocenters. The molecule has 2 rings (SSSR count). The van der Waals surface area contributed by atoms with E-state index in [0.717, 1.165) is 14.6 Å². The first kappa shape index (κ1) is 14.6. The second-order valence-corrected chi connectivity index (χ2v) is 7.53. The Kier molecular flexibility index (Phi) is 5.37. The molecule has 1 aliphatic rings. The average molecular weight is 306 g/mol. The summed E-state index contributed by atoms with van der Waals surface area (Å²) in [5.74, 6) is 1.57. The van der Waals surface area contributed by atoms with Crippen molar-refractivity contribution in [1.82, 2.24) is 5.32 Å². The largest absolute Gasteiger partial charge is 0.313 e. The van der Waals surface area contributed by atoms with Gasteiger partial charge in [-0.3, -0.25) is 0 Å². The van der Waals surface area contributed by atoms with Crippen LogP contribution in [0.15, 0.2) is 6.07 Å². The summed E-state index contributed by atoms with van der Waals surface area (Å²) < 4.78 is 1.64. The highest BCUT2D eigenvalue weighted by Crippen LogP contribution is 2.43. The number of hydrogen-bond donors (Lipinski definition) is 1. The maximum absolute atomic E-state index is 6.30. The number of halogens is 2. The predicted octanol–water partition coefficient (Wildman–Crippen LogP) is 5.53. The van der Waals surface area contributed by atoms with E-state index >= 15 is 0 Å². The molecule has 0 saturated heterocycles. The summed E-state index contributed by atoms with van der Waals surface area (Å²) in [6, 6.07) is 2.39. The van der Waals surface area contributed by atoms with E-state index in [9.17, 15) is 0 Å². The fourth-order valence-corrected chi connectivity index (χ4v) is 4.77. The zero-order valence-electron chi connectivity index (χ0n) is 11.0. The summed E-state index contributed by atoms with van der Waals surface area (Å²) in [6.45, 7) is 2.30. The fraction of sp³-hybridized carbons (Fsp3) is 0.714. The number of hydrogen-bond acceptors (Lipinski definition) is 2. The number of thiophene rings is 1. The Morgan fingerprint density at radius 3 is 2.78 bits per heavy atom. The Morgan fingerprint density at radius 2 is 2.22 bits per heavy atom. The van der Waals surface area contributed by atoms with Crippen LogP contribution in [0.2, 0.25) is 8.67 Å². The molecule has 4 heteroatoms. The molecular weight excluding hydrogens is 285 g/mol. The van der Waals surface area contributed by atoms with Crippen molar-refractivity contribution in [3.63, 3.8) is 0 Å². The molecule has 1 saturated carbocycles. The molecule has 1 aromatic heterocycles. The third-order valence-electron chi connectivity index (χ3n) is 4.20. The lowest BCUT2D eigenvalue weighted by Crippen LogP contribution is -2.29.